The summed E-state index contributed by atoms with van der Waals surface area (Å²) < 4.78 is 5.64. The third kappa shape index (κ3) is 6.38. The molecule has 0 bridgehead atoms. The minimum atomic E-state index is -0.150. The molecular weight excluding hydrogens is 392 g/mol. The number of hydrogen-bond acceptors (Lipinski definition) is 4. The Morgan fingerprint density at radius 1 is 0.935 bits per heavy atom. The quantitative estimate of drug-likeness (QED) is 0.629. The number of rotatable bonds is 8. The summed E-state index contributed by atoms with van der Waals surface area (Å²) in [6.45, 7) is 8.35. The van der Waals surface area contributed by atoms with E-state index in [-0.39, 0.29) is 11.9 Å². The summed E-state index contributed by atoms with van der Waals surface area (Å²) in [5.74, 6) is 0.630. The molecule has 2 aromatic carbocycles. The van der Waals surface area contributed by atoms with Crippen LogP contribution in [0, 0.1) is 0 Å². The molecule has 3 rings (SSSR count). The van der Waals surface area contributed by atoms with E-state index >= 15 is 0 Å². The molecule has 0 spiro atoms. The lowest BCUT2D eigenvalue weighted by molar-refractivity contribution is 0.102. The fraction of sp³-hybridized carbons (Fsp3) is 0.417. The first-order valence-electron chi connectivity index (χ1n) is 11.0. The zero-order chi connectivity index (χ0) is 22.1. The van der Waals surface area contributed by atoms with E-state index in [9.17, 15) is 9.59 Å². The number of nitrogens with one attached hydrogen (secondary N) is 2. The lowest BCUT2D eigenvalue weighted by Gasteiger charge is -2.36. The highest BCUT2D eigenvalue weighted by Crippen LogP contribution is 2.20. The Kier molecular flexibility index (Phi) is 8.15. The van der Waals surface area contributed by atoms with Crippen LogP contribution in [-0.2, 0) is 0 Å². The normalized spacial score (nSPS) is 13.6. The molecular formula is C24H32N4O3. The van der Waals surface area contributed by atoms with Crippen LogP contribution in [0.15, 0.2) is 48.5 Å². The molecule has 1 heterocycles. The van der Waals surface area contributed by atoms with Gasteiger partial charge in [0.2, 0.25) is 0 Å². The largest absolute Gasteiger partial charge is 0.494 e. The van der Waals surface area contributed by atoms with Crippen molar-refractivity contribution in [2.45, 2.75) is 26.7 Å². The predicted octanol–water partition coefficient (Wildman–Crippen LogP) is 3.97. The van der Waals surface area contributed by atoms with Gasteiger partial charge in [-0.2, -0.15) is 0 Å². The molecule has 3 amide bonds. The van der Waals surface area contributed by atoms with Gasteiger partial charge in [-0.15, -0.1) is 0 Å². The van der Waals surface area contributed by atoms with Crippen LogP contribution >= 0.6 is 0 Å². The highest BCUT2D eigenvalue weighted by molar-refractivity contribution is 6.04. The lowest BCUT2D eigenvalue weighted by Crippen LogP contribution is -2.51. The smallest absolute Gasteiger partial charge is 0.317 e. The van der Waals surface area contributed by atoms with Crippen molar-refractivity contribution in [3.8, 4) is 5.75 Å². The molecule has 7 heteroatoms. The summed E-state index contributed by atoms with van der Waals surface area (Å²) in [6.07, 6.45) is 2.10. The van der Waals surface area contributed by atoms with Gasteiger partial charge in [0.1, 0.15) is 5.75 Å². The summed E-state index contributed by atoms with van der Waals surface area (Å²) in [6, 6.07) is 15.0. The topological polar surface area (TPSA) is 73.9 Å². The van der Waals surface area contributed by atoms with E-state index < -0.39 is 0 Å². The Balaban J connectivity index is 1.50. The third-order valence-corrected chi connectivity index (χ3v) is 5.27. The van der Waals surface area contributed by atoms with Gasteiger partial charge < -0.3 is 25.2 Å². The van der Waals surface area contributed by atoms with E-state index in [1.165, 1.54) is 0 Å². The van der Waals surface area contributed by atoms with Crippen LogP contribution in [0.5, 0.6) is 5.75 Å². The maximum atomic E-state index is 12.5. The minimum Gasteiger partial charge on any atom is -0.494 e. The second-order valence-electron chi connectivity index (χ2n) is 7.54. The van der Waals surface area contributed by atoms with Crippen molar-refractivity contribution in [2.24, 2.45) is 0 Å². The fourth-order valence-corrected chi connectivity index (χ4v) is 3.43. The standard InChI is InChI=1S/C24H32N4O3/c1-3-5-18-31-22-12-6-19(7-13-22)23(29)26-20-8-10-21(11-9-20)27-14-16-28(17-15-27)24(30)25-4-2/h6-13H,3-5,14-18H2,1-2H3,(H,25,30)(H,26,29). The van der Waals surface area contributed by atoms with Gasteiger partial charge in [0.25, 0.3) is 5.91 Å². The van der Waals surface area contributed by atoms with Crippen LogP contribution in [0.4, 0.5) is 16.2 Å². The zero-order valence-electron chi connectivity index (χ0n) is 18.4. The number of hydrogen-bond donors (Lipinski definition) is 2. The lowest BCUT2D eigenvalue weighted by atomic mass is 10.2. The number of carbonyl (C=O) groups is 2. The van der Waals surface area contributed by atoms with Gasteiger partial charge in [-0.25, -0.2) is 4.79 Å². The summed E-state index contributed by atoms with van der Waals surface area (Å²) in [7, 11) is 0. The zero-order valence-corrected chi connectivity index (χ0v) is 18.4. The number of benzene rings is 2. The van der Waals surface area contributed by atoms with Gasteiger partial charge in [0, 0.05) is 49.7 Å². The van der Waals surface area contributed by atoms with E-state index in [1.807, 2.05) is 48.2 Å². The molecule has 0 atom stereocenters. The van der Waals surface area contributed by atoms with Crippen molar-refractivity contribution in [3.63, 3.8) is 0 Å². The molecule has 7 nitrogen and oxygen atoms in total. The molecule has 1 fully saturated rings. The number of ether oxygens (including phenoxy) is 1. The highest BCUT2D eigenvalue weighted by Gasteiger charge is 2.20. The van der Waals surface area contributed by atoms with E-state index in [0.717, 1.165) is 43.1 Å². The average molecular weight is 425 g/mol. The first-order valence-corrected chi connectivity index (χ1v) is 11.0. The maximum absolute atomic E-state index is 12.5. The van der Waals surface area contributed by atoms with E-state index in [0.29, 0.717) is 31.8 Å². The summed E-state index contributed by atoms with van der Waals surface area (Å²) in [4.78, 5) is 28.5. The van der Waals surface area contributed by atoms with Crippen molar-refractivity contribution < 1.29 is 14.3 Å². The molecule has 0 unspecified atom stereocenters. The first kappa shape index (κ1) is 22.5. The molecule has 1 saturated heterocycles. The molecule has 0 radical (unpaired) electrons. The van der Waals surface area contributed by atoms with Crippen LogP contribution in [0.25, 0.3) is 0 Å². The molecule has 0 saturated carbocycles. The molecule has 0 aliphatic carbocycles. The van der Waals surface area contributed by atoms with Gasteiger partial charge in [0.05, 0.1) is 6.61 Å². The molecule has 0 aromatic heterocycles. The Bertz CT molecular complexity index is 844. The molecule has 1 aliphatic heterocycles. The van der Waals surface area contributed by atoms with E-state index in [1.54, 1.807) is 12.1 Å². The fourth-order valence-electron chi connectivity index (χ4n) is 3.43. The number of amides is 3. The monoisotopic (exact) mass is 424 g/mol. The molecule has 31 heavy (non-hydrogen) atoms. The Labute approximate surface area is 184 Å². The Morgan fingerprint density at radius 3 is 2.23 bits per heavy atom. The highest BCUT2D eigenvalue weighted by atomic mass is 16.5. The van der Waals surface area contributed by atoms with Gasteiger partial charge in [0.15, 0.2) is 0 Å². The van der Waals surface area contributed by atoms with Crippen molar-refractivity contribution >= 4 is 23.3 Å². The van der Waals surface area contributed by atoms with Gasteiger partial charge >= 0.3 is 6.03 Å². The minimum absolute atomic E-state index is 0.000708. The predicted molar refractivity (Wildman–Crippen MR) is 124 cm³/mol. The second-order valence-corrected chi connectivity index (χ2v) is 7.54. The van der Waals surface area contributed by atoms with Crippen molar-refractivity contribution in [2.75, 3.05) is 49.5 Å². The summed E-state index contributed by atoms with van der Waals surface area (Å²) in [5.41, 5.74) is 2.42. The average Bonchev–Trinajstić information content (AvgIpc) is 2.80. The van der Waals surface area contributed by atoms with Crippen molar-refractivity contribution in [3.05, 3.63) is 54.1 Å². The van der Waals surface area contributed by atoms with Gasteiger partial charge in [-0.05, 0) is 61.9 Å². The Morgan fingerprint density at radius 2 is 1.61 bits per heavy atom. The van der Waals surface area contributed by atoms with Crippen LogP contribution in [0.3, 0.4) is 0 Å². The van der Waals surface area contributed by atoms with Gasteiger partial charge in [-0.1, -0.05) is 13.3 Å². The molecule has 1 aliphatic rings. The van der Waals surface area contributed by atoms with Crippen LogP contribution in [0.1, 0.15) is 37.0 Å². The summed E-state index contributed by atoms with van der Waals surface area (Å²) in [5, 5.41) is 5.78. The molecule has 2 N–H and O–H groups in total. The van der Waals surface area contributed by atoms with Crippen LogP contribution < -0.4 is 20.3 Å². The first-order chi connectivity index (χ1) is 15.1. The van der Waals surface area contributed by atoms with Crippen molar-refractivity contribution in [1.82, 2.24) is 10.2 Å². The maximum Gasteiger partial charge on any atom is 0.317 e. The number of carbonyl (C=O) groups excluding carboxylic acids is 2. The Hall–Kier alpha value is -3.22. The van der Waals surface area contributed by atoms with E-state index in [2.05, 4.69) is 22.5 Å². The number of unbranched alkanes of at least 4 members (excludes halogenated alkanes) is 1. The third-order valence-electron chi connectivity index (χ3n) is 5.27. The number of piperazine rings is 1. The number of nitrogens with zero attached hydrogens (tertiary/aromatic N) is 2. The molecule has 2 aromatic rings. The van der Waals surface area contributed by atoms with Crippen LogP contribution in [0.2, 0.25) is 0 Å². The second kappa shape index (κ2) is 11.2. The van der Waals surface area contributed by atoms with E-state index in [4.69, 9.17) is 4.74 Å². The van der Waals surface area contributed by atoms with Gasteiger partial charge in [-0.3, -0.25) is 4.79 Å². The molecule has 166 valence electrons. The SMILES string of the molecule is CCCCOc1ccc(C(=O)Nc2ccc(N3CCN(C(=O)NCC)CC3)cc2)cc1. The summed E-state index contributed by atoms with van der Waals surface area (Å²) >= 11 is 0. The van der Waals surface area contributed by atoms with Crippen molar-refractivity contribution in [1.29, 1.82) is 0 Å². The number of anilines is 2. The number of urea groups is 1. The van der Waals surface area contributed by atoms with Crippen LogP contribution in [-0.4, -0.2) is 56.2 Å².